The van der Waals surface area contributed by atoms with Crippen molar-refractivity contribution in [3.63, 3.8) is 0 Å². The first-order chi connectivity index (χ1) is 6.81. The zero-order chi connectivity index (χ0) is 9.97. The Bertz CT molecular complexity index is 464. The zero-order valence-corrected chi connectivity index (χ0v) is 7.65. The maximum Gasteiger partial charge on any atom is 0.339 e. The molecule has 5 heteroatoms. The van der Waals surface area contributed by atoms with Crippen molar-refractivity contribution in [2.45, 2.75) is 6.92 Å². The fourth-order valence-corrected chi connectivity index (χ4v) is 1.16. The van der Waals surface area contributed by atoms with Gasteiger partial charge >= 0.3 is 5.97 Å². The summed E-state index contributed by atoms with van der Waals surface area (Å²) in [4.78, 5) is 15.3. The molecule has 0 spiro atoms. The Morgan fingerprint density at radius 2 is 2.43 bits per heavy atom. The van der Waals surface area contributed by atoms with Crippen molar-refractivity contribution in [2.75, 3.05) is 6.61 Å². The van der Waals surface area contributed by atoms with Crippen LogP contribution in [0.1, 0.15) is 17.3 Å². The fraction of sp³-hybridized carbons (Fsp3) is 0.222. The molecule has 5 nitrogen and oxygen atoms in total. The van der Waals surface area contributed by atoms with Gasteiger partial charge in [0.05, 0.1) is 18.4 Å². The van der Waals surface area contributed by atoms with Crippen molar-refractivity contribution in [2.24, 2.45) is 0 Å². The van der Waals surface area contributed by atoms with Crippen molar-refractivity contribution >= 4 is 17.0 Å². The van der Waals surface area contributed by atoms with Gasteiger partial charge in [-0.05, 0) is 13.0 Å². The van der Waals surface area contributed by atoms with Crippen molar-refractivity contribution in [1.82, 2.24) is 15.2 Å². The molecule has 14 heavy (non-hydrogen) atoms. The lowest BCUT2D eigenvalue weighted by Gasteiger charge is -2.00. The van der Waals surface area contributed by atoms with E-state index in [4.69, 9.17) is 4.74 Å². The highest BCUT2D eigenvalue weighted by Crippen LogP contribution is 2.10. The third-order valence-electron chi connectivity index (χ3n) is 1.80. The van der Waals surface area contributed by atoms with Gasteiger partial charge < -0.3 is 4.74 Å². The minimum Gasteiger partial charge on any atom is -0.462 e. The molecule has 2 rings (SSSR count). The summed E-state index contributed by atoms with van der Waals surface area (Å²) < 4.78 is 4.84. The van der Waals surface area contributed by atoms with Gasteiger partial charge in [-0.2, -0.15) is 5.10 Å². The number of nitrogens with zero attached hydrogens (tertiary/aromatic N) is 2. The highest BCUT2D eigenvalue weighted by atomic mass is 16.5. The number of rotatable bonds is 2. The molecule has 2 aromatic heterocycles. The van der Waals surface area contributed by atoms with Gasteiger partial charge in [0, 0.05) is 11.6 Å². The van der Waals surface area contributed by atoms with Crippen molar-refractivity contribution in [3.05, 3.63) is 24.0 Å². The molecule has 0 unspecified atom stereocenters. The average Bonchev–Trinajstić information content (AvgIpc) is 2.64. The lowest BCUT2D eigenvalue weighted by atomic mass is 10.2. The van der Waals surface area contributed by atoms with E-state index in [1.54, 1.807) is 19.2 Å². The number of nitrogens with one attached hydrogen (secondary N) is 1. The Labute approximate surface area is 80.1 Å². The number of carbonyl (C=O) groups is 1. The molecular formula is C9H9N3O2. The van der Waals surface area contributed by atoms with E-state index in [9.17, 15) is 4.79 Å². The first kappa shape index (κ1) is 8.68. The topological polar surface area (TPSA) is 67.9 Å². The second-order valence-corrected chi connectivity index (χ2v) is 2.75. The standard InChI is InChI=1S/C9H9N3O2/c1-2-14-9(13)7-3-6-5-11-12-8(6)10-4-7/h3-5H,2H2,1H3,(H,10,11,12). The van der Waals surface area contributed by atoms with Crippen LogP contribution in [0.4, 0.5) is 0 Å². The molecule has 0 aliphatic carbocycles. The minimum absolute atomic E-state index is 0.358. The summed E-state index contributed by atoms with van der Waals surface area (Å²) in [6.07, 6.45) is 3.09. The predicted octanol–water partition coefficient (Wildman–Crippen LogP) is 1.13. The normalized spacial score (nSPS) is 10.4. The summed E-state index contributed by atoms with van der Waals surface area (Å²) in [7, 11) is 0. The van der Waals surface area contributed by atoms with Crippen LogP contribution in [0.15, 0.2) is 18.5 Å². The molecule has 2 aromatic rings. The minimum atomic E-state index is -0.358. The largest absolute Gasteiger partial charge is 0.462 e. The number of aromatic amines is 1. The Hall–Kier alpha value is -1.91. The van der Waals surface area contributed by atoms with Gasteiger partial charge in [0.1, 0.15) is 0 Å². The first-order valence-corrected chi connectivity index (χ1v) is 4.27. The van der Waals surface area contributed by atoms with E-state index >= 15 is 0 Å². The number of aromatic nitrogens is 3. The number of H-pyrrole nitrogens is 1. The van der Waals surface area contributed by atoms with Gasteiger partial charge in [0.15, 0.2) is 5.65 Å². The predicted molar refractivity (Wildman–Crippen MR) is 49.8 cm³/mol. The van der Waals surface area contributed by atoms with Crippen LogP contribution in [0, 0.1) is 0 Å². The molecule has 0 aliphatic rings. The van der Waals surface area contributed by atoms with Crippen molar-refractivity contribution < 1.29 is 9.53 Å². The quantitative estimate of drug-likeness (QED) is 0.722. The molecule has 0 bridgehead atoms. The fourth-order valence-electron chi connectivity index (χ4n) is 1.16. The van der Waals surface area contributed by atoms with E-state index in [1.807, 2.05) is 0 Å². The first-order valence-electron chi connectivity index (χ1n) is 4.27. The van der Waals surface area contributed by atoms with E-state index in [0.29, 0.717) is 17.8 Å². The summed E-state index contributed by atoms with van der Waals surface area (Å²) in [6, 6.07) is 1.70. The molecule has 0 aliphatic heterocycles. The lowest BCUT2D eigenvalue weighted by Crippen LogP contribution is -2.04. The second-order valence-electron chi connectivity index (χ2n) is 2.75. The highest BCUT2D eigenvalue weighted by molar-refractivity contribution is 5.92. The molecule has 0 saturated carbocycles. The zero-order valence-electron chi connectivity index (χ0n) is 7.65. The summed E-state index contributed by atoms with van der Waals surface area (Å²) in [5.41, 5.74) is 1.11. The number of hydrogen-bond donors (Lipinski definition) is 1. The van der Waals surface area contributed by atoms with E-state index in [2.05, 4.69) is 15.2 Å². The van der Waals surface area contributed by atoms with Gasteiger partial charge in [-0.25, -0.2) is 9.78 Å². The van der Waals surface area contributed by atoms with Crippen LogP contribution in [0.25, 0.3) is 11.0 Å². The monoisotopic (exact) mass is 191 g/mol. The number of hydrogen-bond acceptors (Lipinski definition) is 4. The van der Waals surface area contributed by atoms with Crippen LogP contribution in [0.3, 0.4) is 0 Å². The molecule has 0 amide bonds. The highest BCUT2D eigenvalue weighted by Gasteiger charge is 2.08. The van der Waals surface area contributed by atoms with Gasteiger partial charge in [-0.3, -0.25) is 5.10 Å². The van der Waals surface area contributed by atoms with E-state index in [1.165, 1.54) is 6.20 Å². The third kappa shape index (κ3) is 1.44. The number of pyridine rings is 1. The van der Waals surface area contributed by atoms with Crippen LogP contribution < -0.4 is 0 Å². The maximum atomic E-state index is 11.3. The number of esters is 1. The van der Waals surface area contributed by atoms with Gasteiger partial charge in [0.25, 0.3) is 0 Å². The molecule has 0 fully saturated rings. The second kappa shape index (κ2) is 3.45. The van der Waals surface area contributed by atoms with Crippen molar-refractivity contribution in [3.8, 4) is 0 Å². The van der Waals surface area contributed by atoms with Crippen LogP contribution in [0.5, 0.6) is 0 Å². The molecular weight excluding hydrogens is 182 g/mol. The summed E-state index contributed by atoms with van der Waals surface area (Å²) in [6.45, 7) is 2.13. The summed E-state index contributed by atoms with van der Waals surface area (Å²) in [5, 5.41) is 7.31. The van der Waals surface area contributed by atoms with Crippen LogP contribution >= 0.6 is 0 Å². The molecule has 1 N–H and O–H groups in total. The molecule has 0 aromatic carbocycles. The number of carbonyl (C=O) groups excluding carboxylic acids is 1. The van der Waals surface area contributed by atoms with E-state index < -0.39 is 0 Å². The van der Waals surface area contributed by atoms with E-state index in [0.717, 1.165) is 5.39 Å². The Morgan fingerprint density at radius 1 is 1.57 bits per heavy atom. The Morgan fingerprint density at radius 3 is 3.21 bits per heavy atom. The molecule has 2 heterocycles. The van der Waals surface area contributed by atoms with Crippen molar-refractivity contribution in [1.29, 1.82) is 0 Å². The maximum absolute atomic E-state index is 11.3. The molecule has 0 saturated heterocycles. The Kier molecular flexibility index (Phi) is 2.14. The van der Waals surface area contributed by atoms with Gasteiger partial charge in [-0.15, -0.1) is 0 Å². The average molecular weight is 191 g/mol. The molecule has 0 radical (unpaired) electrons. The van der Waals surface area contributed by atoms with Gasteiger partial charge in [-0.1, -0.05) is 0 Å². The van der Waals surface area contributed by atoms with Crippen LogP contribution in [-0.4, -0.2) is 27.8 Å². The number of fused-ring (bicyclic) bond motifs is 1. The SMILES string of the molecule is CCOC(=O)c1cnc2[nH]ncc2c1. The molecule has 0 atom stereocenters. The third-order valence-corrected chi connectivity index (χ3v) is 1.80. The van der Waals surface area contributed by atoms with Crippen LogP contribution in [0.2, 0.25) is 0 Å². The molecule has 72 valence electrons. The van der Waals surface area contributed by atoms with Crippen LogP contribution in [-0.2, 0) is 4.74 Å². The lowest BCUT2D eigenvalue weighted by molar-refractivity contribution is 0.0526. The summed E-state index contributed by atoms with van der Waals surface area (Å²) >= 11 is 0. The Balaban J connectivity index is 2.38. The summed E-state index contributed by atoms with van der Waals surface area (Å²) in [5.74, 6) is -0.358. The smallest absolute Gasteiger partial charge is 0.339 e. The number of ether oxygens (including phenoxy) is 1. The van der Waals surface area contributed by atoms with Gasteiger partial charge in [0.2, 0.25) is 0 Å². The van der Waals surface area contributed by atoms with E-state index in [-0.39, 0.29) is 5.97 Å².